The molecule has 0 radical (unpaired) electrons. The van der Waals surface area contributed by atoms with Crippen molar-refractivity contribution in [1.82, 2.24) is 10.6 Å². The second-order valence-corrected chi connectivity index (χ2v) is 5.68. The maximum absolute atomic E-state index is 11.9. The number of hydrogen-bond donors (Lipinski definition) is 3. The Morgan fingerprint density at radius 3 is 2.50 bits per heavy atom. The molecule has 2 amide bonds. The molecule has 18 heavy (non-hydrogen) atoms. The van der Waals surface area contributed by atoms with E-state index in [0.29, 0.717) is 12.8 Å². The average Bonchev–Trinajstić information content (AvgIpc) is 2.61. The summed E-state index contributed by atoms with van der Waals surface area (Å²) in [4.78, 5) is 33.7. The monoisotopic (exact) mass is 256 g/mol. The van der Waals surface area contributed by atoms with Crippen molar-refractivity contribution in [2.45, 2.75) is 52.1 Å². The molecular formula is C12H20N2O4. The fourth-order valence-electron chi connectivity index (χ4n) is 1.83. The zero-order valence-electron chi connectivity index (χ0n) is 10.9. The zero-order valence-corrected chi connectivity index (χ0v) is 10.9. The molecule has 1 heterocycles. The highest BCUT2D eigenvalue weighted by Crippen LogP contribution is 2.22. The molecule has 6 heteroatoms. The minimum atomic E-state index is -0.953. The number of carboxylic acid groups (broad SMARTS) is 1. The summed E-state index contributed by atoms with van der Waals surface area (Å²) in [7, 11) is 0. The maximum Gasteiger partial charge on any atom is 0.305 e. The summed E-state index contributed by atoms with van der Waals surface area (Å²) < 4.78 is 0. The van der Waals surface area contributed by atoms with Gasteiger partial charge in [-0.3, -0.25) is 14.4 Å². The Bertz CT molecular complexity index is 360. The van der Waals surface area contributed by atoms with Crippen LogP contribution >= 0.6 is 0 Å². The van der Waals surface area contributed by atoms with Crippen LogP contribution in [0, 0.1) is 5.41 Å². The molecule has 1 rings (SSSR count). The number of carbonyl (C=O) groups is 3. The van der Waals surface area contributed by atoms with Gasteiger partial charge < -0.3 is 15.7 Å². The van der Waals surface area contributed by atoms with Gasteiger partial charge in [0.05, 0.1) is 6.42 Å². The van der Waals surface area contributed by atoms with E-state index in [4.69, 9.17) is 5.11 Å². The number of carbonyl (C=O) groups excluding carboxylic acids is 2. The highest BCUT2D eigenvalue weighted by molar-refractivity contribution is 5.91. The lowest BCUT2D eigenvalue weighted by molar-refractivity contribution is -0.138. The quantitative estimate of drug-likeness (QED) is 0.672. The van der Waals surface area contributed by atoms with Gasteiger partial charge in [-0.1, -0.05) is 20.8 Å². The van der Waals surface area contributed by atoms with Crippen LogP contribution in [0.3, 0.4) is 0 Å². The van der Waals surface area contributed by atoms with E-state index in [2.05, 4.69) is 10.6 Å². The Labute approximate surface area is 106 Å². The second kappa shape index (κ2) is 5.37. The van der Waals surface area contributed by atoms with Crippen LogP contribution in [0.5, 0.6) is 0 Å². The predicted octanol–water partition coefficient (Wildman–Crippen LogP) is 0.271. The SMILES string of the molecule is CC(C)(C)C(CC(=O)O)NC(=O)C1CCC(=O)N1. The number of amides is 2. The number of carboxylic acids is 1. The first kappa shape index (κ1) is 14.5. The van der Waals surface area contributed by atoms with E-state index in [1.165, 1.54) is 0 Å². The molecule has 0 saturated carbocycles. The summed E-state index contributed by atoms with van der Waals surface area (Å²) in [6.45, 7) is 5.61. The van der Waals surface area contributed by atoms with E-state index in [0.717, 1.165) is 0 Å². The number of hydrogen-bond acceptors (Lipinski definition) is 3. The van der Waals surface area contributed by atoms with Crippen LogP contribution in [0.2, 0.25) is 0 Å². The van der Waals surface area contributed by atoms with Gasteiger partial charge in [-0.25, -0.2) is 0 Å². The molecule has 2 unspecified atom stereocenters. The van der Waals surface area contributed by atoms with Crippen LogP contribution in [0.4, 0.5) is 0 Å². The van der Waals surface area contributed by atoms with E-state index in [-0.39, 0.29) is 23.7 Å². The highest BCUT2D eigenvalue weighted by atomic mass is 16.4. The first-order valence-electron chi connectivity index (χ1n) is 6.01. The summed E-state index contributed by atoms with van der Waals surface area (Å²) in [6, 6.07) is -0.990. The van der Waals surface area contributed by atoms with E-state index in [1.54, 1.807) is 0 Å². The van der Waals surface area contributed by atoms with Gasteiger partial charge in [0.15, 0.2) is 0 Å². The summed E-state index contributed by atoms with van der Waals surface area (Å²) >= 11 is 0. The predicted molar refractivity (Wildman–Crippen MR) is 64.8 cm³/mol. The lowest BCUT2D eigenvalue weighted by Gasteiger charge is -2.31. The molecule has 0 aromatic heterocycles. The van der Waals surface area contributed by atoms with Gasteiger partial charge in [0.25, 0.3) is 0 Å². The molecule has 102 valence electrons. The first-order chi connectivity index (χ1) is 8.20. The van der Waals surface area contributed by atoms with Crippen LogP contribution < -0.4 is 10.6 Å². The molecule has 1 fully saturated rings. The van der Waals surface area contributed by atoms with Crippen LogP contribution in [0.15, 0.2) is 0 Å². The van der Waals surface area contributed by atoms with Crippen LogP contribution in [-0.4, -0.2) is 35.0 Å². The first-order valence-corrected chi connectivity index (χ1v) is 6.01. The average molecular weight is 256 g/mol. The number of rotatable bonds is 4. The molecule has 6 nitrogen and oxygen atoms in total. The minimum absolute atomic E-state index is 0.129. The van der Waals surface area contributed by atoms with Crippen LogP contribution in [-0.2, 0) is 14.4 Å². The lowest BCUT2D eigenvalue weighted by Crippen LogP contribution is -2.51. The minimum Gasteiger partial charge on any atom is -0.481 e. The van der Waals surface area contributed by atoms with Crippen molar-refractivity contribution >= 4 is 17.8 Å². The number of aliphatic carboxylic acids is 1. The molecule has 0 aliphatic carbocycles. The summed E-state index contributed by atoms with van der Waals surface area (Å²) in [5.41, 5.74) is -0.351. The second-order valence-electron chi connectivity index (χ2n) is 5.68. The molecule has 1 aliphatic rings. The van der Waals surface area contributed by atoms with Crippen molar-refractivity contribution in [2.24, 2.45) is 5.41 Å². The summed E-state index contributed by atoms with van der Waals surface area (Å²) in [5, 5.41) is 14.1. The number of nitrogens with one attached hydrogen (secondary N) is 2. The Morgan fingerprint density at radius 2 is 2.11 bits per heavy atom. The van der Waals surface area contributed by atoms with Crippen LogP contribution in [0.1, 0.15) is 40.0 Å². The van der Waals surface area contributed by atoms with Gasteiger partial charge in [-0.15, -0.1) is 0 Å². The van der Waals surface area contributed by atoms with E-state index in [9.17, 15) is 14.4 Å². The molecule has 0 spiro atoms. The van der Waals surface area contributed by atoms with Gasteiger partial charge in [0, 0.05) is 12.5 Å². The third kappa shape index (κ3) is 4.01. The van der Waals surface area contributed by atoms with Crippen LogP contribution in [0.25, 0.3) is 0 Å². The Morgan fingerprint density at radius 1 is 1.50 bits per heavy atom. The Hall–Kier alpha value is -1.59. The smallest absolute Gasteiger partial charge is 0.305 e. The molecule has 2 atom stereocenters. The van der Waals surface area contributed by atoms with E-state index >= 15 is 0 Å². The molecule has 0 bridgehead atoms. The van der Waals surface area contributed by atoms with Gasteiger partial charge in [-0.2, -0.15) is 0 Å². The maximum atomic E-state index is 11.9. The Kier molecular flexibility index (Phi) is 4.32. The van der Waals surface area contributed by atoms with Gasteiger partial charge in [0.2, 0.25) is 11.8 Å². The third-order valence-electron chi connectivity index (χ3n) is 3.05. The molecule has 0 aromatic rings. The molecule has 3 N–H and O–H groups in total. The molecule has 1 saturated heterocycles. The van der Waals surface area contributed by atoms with Crippen molar-refractivity contribution in [1.29, 1.82) is 0 Å². The zero-order chi connectivity index (χ0) is 13.9. The van der Waals surface area contributed by atoms with Crippen molar-refractivity contribution in [3.8, 4) is 0 Å². The fraction of sp³-hybridized carbons (Fsp3) is 0.750. The highest BCUT2D eigenvalue weighted by Gasteiger charge is 2.33. The van der Waals surface area contributed by atoms with Gasteiger partial charge >= 0.3 is 5.97 Å². The van der Waals surface area contributed by atoms with Crippen molar-refractivity contribution in [2.75, 3.05) is 0 Å². The normalized spacial score (nSPS) is 21.3. The van der Waals surface area contributed by atoms with Crippen molar-refractivity contribution < 1.29 is 19.5 Å². The lowest BCUT2D eigenvalue weighted by atomic mass is 9.84. The molecule has 1 aliphatic heterocycles. The van der Waals surface area contributed by atoms with Crippen molar-refractivity contribution in [3.63, 3.8) is 0 Å². The van der Waals surface area contributed by atoms with Gasteiger partial charge in [-0.05, 0) is 11.8 Å². The molecule has 0 aromatic carbocycles. The largest absolute Gasteiger partial charge is 0.481 e. The van der Waals surface area contributed by atoms with Gasteiger partial charge in [0.1, 0.15) is 6.04 Å². The summed E-state index contributed by atoms with van der Waals surface area (Å²) in [6.07, 6.45) is 0.682. The standard InChI is InChI=1S/C12H20N2O4/c1-12(2,3)8(6-10(16)17)14-11(18)7-4-5-9(15)13-7/h7-8H,4-6H2,1-3H3,(H,13,15)(H,14,18)(H,16,17). The Balaban J connectivity index is 2.63. The third-order valence-corrected chi connectivity index (χ3v) is 3.05. The molecular weight excluding hydrogens is 236 g/mol. The van der Waals surface area contributed by atoms with E-state index in [1.807, 2.05) is 20.8 Å². The van der Waals surface area contributed by atoms with Crippen molar-refractivity contribution in [3.05, 3.63) is 0 Å². The fourth-order valence-corrected chi connectivity index (χ4v) is 1.83. The van der Waals surface area contributed by atoms with E-state index < -0.39 is 18.1 Å². The topological polar surface area (TPSA) is 95.5 Å². The summed E-state index contributed by atoms with van der Waals surface area (Å²) in [5.74, 6) is -1.39.